The number of amides is 1. The summed E-state index contributed by atoms with van der Waals surface area (Å²) in [6.07, 6.45) is 0. The largest absolute Gasteiger partial charge is 0.495 e. The van der Waals surface area contributed by atoms with Gasteiger partial charge in [-0.05, 0) is 51.1 Å². The number of methoxy groups -OCH3 is 1. The summed E-state index contributed by atoms with van der Waals surface area (Å²) in [5.74, 6) is -0.435. The highest BCUT2D eigenvalue weighted by Crippen LogP contribution is 2.24. The molecule has 6 heteroatoms. The van der Waals surface area contributed by atoms with Crippen LogP contribution in [0.4, 0.5) is 5.69 Å². The molecule has 0 radical (unpaired) electrons. The van der Waals surface area contributed by atoms with Gasteiger partial charge in [-0.1, -0.05) is 29.8 Å². The van der Waals surface area contributed by atoms with E-state index >= 15 is 0 Å². The van der Waals surface area contributed by atoms with Crippen molar-refractivity contribution in [2.24, 2.45) is 0 Å². The summed E-state index contributed by atoms with van der Waals surface area (Å²) in [5.41, 5.74) is 4.77. The molecule has 1 N–H and O–H groups in total. The van der Waals surface area contributed by atoms with E-state index in [1.165, 1.54) is 7.11 Å². The van der Waals surface area contributed by atoms with E-state index in [1.807, 2.05) is 49.6 Å². The number of carbonyl (C=O) groups is 2. The number of para-hydroxylation sites is 2. The molecule has 0 saturated carbocycles. The van der Waals surface area contributed by atoms with Crippen LogP contribution in [0.25, 0.3) is 5.69 Å². The molecule has 6 nitrogen and oxygen atoms in total. The molecular weight excluding hydrogens is 368 g/mol. The van der Waals surface area contributed by atoms with Crippen LogP contribution >= 0.6 is 0 Å². The predicted octanol–water partition coefficient (Wildman–Crippen LogP) is 4.21. The Balaban J connectivity index is 1.69. The Morgan fingerprint density at radius 2 is 1.69 bits per heavy atom. The van der Waals surface area contributed by atoms with Gasteiger partial charge in [-0.3, -0.25) is 4.79 Å². The molecule has 1 aromatic heterocycles. The van der Waals surface area contributed by atoms with Crippen LogP contribution in [0.5, 0.6) is 5.75 Å². The fraction of sp³-hybridized carbons (Fsp3) is 0.217. The van der Waals surface area contributed by atoms with Crippen LogP contribution in [-0.4, -0.2) is 30.2 Å². The summed E-state index contributed by atoms with van der Waals surface area (Å²) in [4.78, 5) is 24.7. The maximum absolute atomic E-state index is 12.6. The molecule has 0 aliphatic carbocycles. The number of rotatable bonds is 6. The first-order valence-corrected chi connectivity index (χ1v) is 9.26. The highest BCUT2D eigenvalue weighted by molar-refractivity contribution is 5.97. The molecule has 0 aliphatic heterocycles. The highest BCUT2D eigenvalue weighted by atomic mass is 16.5. The normalized spacial score (nSPS) is 10.5. The molecule has 0 spiro atoms. The van der Waals surface area contributed by atoms with Crippen molar-refractivity contribution >= 4 is 17.6 Å². The number of hydrogen-bond acceptors (Lipinski definition) is 4. The number of benzene rings is 2. The van der Waals surface area contributed by atoms with Crippen molar-refractivity contribution in [1.29, 1.82) is 0 Å². The highest BCUT2D eigenvalue weighted by Gasteiger charge is 2.19. The number of nitrogens with one attached hydrogen (secondary N) is 1. The molecule has 0 unspecified atom stereocenters. The molecule has 0 aliphatic rings. The monoisotopic (exact) mass is 392 g/mol. The molecule has 150 valence electrons. The smallest absolute Gasteiger partial charge is 0.340 e. The van der Waals surface area contributed by atoms with Gasteiger partial charge in [0.25, 0.3) is 5.91 Å². The third kappa shape index (κ3) is 4.48. The van der Waals surface area contributed by atoms with E-state index < -0.39 is 11.9 Å². The summed E-state index contributed by atoms with van der Waals surface area (Å²) in [7, 11) is 1.52. The number of hydrogen-bond donors (Lipinski definition) is 1. The zero-order chi connectivity index (χ0) is 21.0. The summed E-state index contributed by atoms with van der Waals surface area (Å²) >= 11 is 0. The molecule has 2 aromatic carbocycles. The van der Waals surface area contributed by atoms with E-state index in [1.54, 1.807) is 30.3 Å². The zero-order valence-corrected chi connectivity index (χ0v) is 17.0. The number of ether oxygens (including phenoxy) is 2. The average molecular weight is 392 g/mol. The van der Waals surface area contributed by atoms with Gasteiger partial charge < -0.3 is 19.4 Å². The van der Waals surface area contributed by atoms with Crippen LogP contribution in [-0.2, 0) is 9.53 Å². The van der Waals surface area contributed by atoms with E-state index in [-0.39, 0.29) is 6.61 Å². The summed E-state index contributed by atoms with van der Waals surface area (Å²) in [6, 6.07) is 16.9. The minimum absolute atomic E-state index is 0.384. The fourth-order valence-corrected chi connectivity index (χ4v) is 3.20. The number of nitrogens with zero attached hydrogens (tertiary/aromatic N) is 1. The predicted molar refractivity (Wildman–Crippen MR) is 112 cm³/mol. The number of aromatic nitrogens is 1. The molecule has 0 saturated heterocycles. The first-order chi connectivity index (χ1) is 13.9. The summed E-state index contributed by atoms with van der Waals surface area (Å²) in [6.45, 7) is 5.43. The lowest BCUT2D eigenvalue weighted by atomic mass is 10.2. The van der Waals surface area contributed by atoms with E-state index in [9.17, 15) is 9.59 Å². The van der Waals surface area contributed by atoms with Crippen LogP contribution in [0.1, 0.15) is 27.3 Å². The van der Waals surface area contributed by atoms with E-state index in [2.05, 4.69) is 5.32 Å². The molecule has 3 aromatic rings. The van der Waals surface area contributed by atoms with Crippen LogP contribution < -0.4 is 10.1 Å². The second kappa shape index (κ2) is 8.65. The lowest BCUT2D eigenvalue weighted by molar-refractivity contribution is -0.119. The standard InChI is InChI=1S/C23H24N2O4/c1-15-9-11-18(12-10-15)25-16(2)13-19(17(25)3)23(27)29-14-22(26)24-20-7-5-6-8-21(20)28-4/h5-13H,14H2,1-4H3,(H,24,26). The van der Waals surface area contributed by atoms with Crippen LogP contribution in [0.2, 0.25) is 0 Å². The Kier molecular flexibility index (Phi) is 6.02. The van der Waals surface area contributed by atoms with Crippen molar-refractivity contribution in [2.45, 2.75) is 20.8 Å². The van der Waals surface area contributed by atoms with Crippen molar-refractivity contribution in [2.75, 3.05) is 19.0 Å². The minimum atomic E-state index is -0.536. The van der Waals surface area contributed by atoms with Gasteiger partial charge in [0.05, 0.1) is 18.4 Å². The molecule has 1 amide bonds. The SMILES string of the molecule is COc1ccccc1NC(=O)COC(=O)c1cc(C)n(-c2ccc(C)cc2)c1C. The first-order valence-electron chi connectivity index (χ1n) is 9.26. The Labute approximate surface area is 170 Å². The second-order valence-electron chi connectivity index (χ2n) is 6.78. The number of anilines is 1. The molecule has 0 fully saturated rings. The first kappa shape index (κ1) is 20.2. The van der Waals surface area contributed by atoms with Gasteiger partial charge in [-0.15, -0.1) is 0 Å². The molecule has 3 rings (SSSR count). The topological polar surface area (TPSA) is 69.6 Å². The van der Waals surface area contributed by atoms with Gasteiger partial charge in [0.2, 0.25) is 0 Å². The number of esters is 1. The fourth-order valence-electron chi connectivity index (χ4n) is 3.20. The Bertz CT molecular complexity index is 1040. The van der Waals surface area contributed by atoms with E-state index in [0.717, 1.165) is 22.6 Å². The van der Waals surface area contributed by atoms with Gasteiger partial charge >= 0.3 is 5.97 Å². The Hall–Kier alpha value is -3.54. The van der Waals surface area contributed by atoms with Crippen LogP contribution in [0, 0.1) is 20.8 Å². The summed E-state index contributed by atoms with van der Waals surface area (Å²) < 4.78 is 12.4. The lowest BCUT2D eigenvalue weighted by Gasteiger charge is -2.11. The van der Waals surface area contributed by atoms with Crippen molar-refractivity contribution in [1.82, 2.24) is 4.57 Å². The summed E-state index contributed by atoms with van der Waals surface area (Å²) in [5, 5.41) is 2.68. The molecule has 0 bridgehead atoms. The third-order valence-electron chi connectivity index (χ3n) is 4.66. The van der Waals surface area contributed by atoms with Gasteiger partial charge in [0.1, 0.15) is 5.75 Å². The van der Waals surface area contributed by atoms with Crippen LogP contribution in [0.3, 0.4) is 0 Å². The molecule has 0 atom stereocenters. The van der Waals surface area contributed by atoms with Gasteiger partial charge in [-0.2, -0.15) is 0 Å². The maximum Gasteiger partial charge on any atom is 0.340 e. The lowest BCUT2D eigenvalue weighted by Crippen LogP contribution is -2.21. The zero-order valence-electron chi connectivity index (χ0n) is 17.0. The molecular formula is C23H24N2O4. The molecule has 29 heavy (non-hydrogen) atoms. The third-order valence-corrected chi connectivity index (χ3v) is 4.66. The maximum atomic E-state index is 12.6. The Morgan fingerprint density at radius 1 is 1.00 bits per heavy atom. The number of carbonyl (C=O) groups excluding carboxylic acids is 2. The van der Waals surface area contributed by atoms with Gasteiger partial charge in [-0.25, -0.2) is 4.79 Å². The van der Waals surface area contributed by atoms with Crippen molar-refractivity contribution < 1.29 is 19.1 Å². The van der Waals surface area contributed by atoms with E-state index in [4.69, 9.17) is 9.47 Å². The minimum Gasteiger partial charge on any atom is -0.495 e. The van der Waals surface area contributed by atoms with Crippen molar-refractivity contribution in [3.05, 3.63) is 77.1 Å². The van der Waals surface area contributed by atoms with E-state index in [0.29, 0.717) is 17.0 Å². The van der Waals surface area contributed by atoms with Crippen molar-refractivity contribution in [3.8, 4) is 11.4 Å². The van der Waals surface area contributed by atoms with Crippen molar-refractivity contribution in [3.63, 3.8) is 0 Å². The second-order valence-corrected chi connectivity index (χ2v) is 6.78. The number of aryl methyl sites for hydroxylation is 2. The van der Waals surface area contributed by atoms with Gasteiger partial charge in [0.15, 0.2) is 6.61 Å². The van der Waals surface area contributed by atoms with Gasteiger partial charge in [0, 0.05) is 17.1 Å². The average Bonchev–Trinajstić information content (AvgIpc) is 3.01. The van der Waals surface area contributed by atoms with Crippen LogP contribution in [0.15, 0.2) is 54.6 Å². The molecule has 1 heterocycles. The quantitative estimate of drug-likeness (QED) is 0.638. The Morgan fingerprint density at radius 3 is 2.38 bits per heavy atom.